The van der Waals surface area contributed by atoms with Crippen molar-refractivity contribution >= 4 is 5.91 Å². The van der Waals surface area contributed by atoms with Crippen molar-refractivity contribution < 1.29 is 9.18 Å². The lowest BCUT2D eigenvalue weighted by Crippen LogP contribution is -2.40. The minimum atomic E-state index is -0.279. The largest absolute Gasteiger partial charge is 0.336 e. The van der Waals surface area contributed by atoms with Gasteiger partial charge in [-0.05, 0) is 55.9 Å². The monoisotopic (exact) mass is 291 g/mol. The quantitative estimate of drug-likeness (QED) is 0.778. The Labute approximate surface area is 127 Å². The van der Waals surface area contributed by atoms with Crippen LogP contribution in [-0.4, -0.2) is 23.4 Å². The summed E-state index contributed by atoms with van der Waals surface area (Å²) in [7, 11) is 0. The first-order valence-corrected chi connectivity index (χ1v) is 8.06. The maximum Gasteiger partial charge on any atom is 0.254 e. The summed E-state index contributed by atoms with van der Waals surface area (Å²) in [6, 6.07) is 4.82. The SMILES string of the molecule is Cc1cc(F)ccc1C(=O)N(CCC(C)C)C1CCCC1. The molecule has 1 fully saturated rings. The van der Waals surface area contributed by atoms with E-state index in [1.807, 2.05) is 11.8 Å². The summed E-state index contributed by atoms with van der Waals surface area (Å²) in [4.78, 5) is 14.9. The maximum absolute atomic E-state index is 13.2. The summed E-state index contributed by atoms with van der Waals surface area (Å²) in [5.74, 6) is 0.370. The Hall–Kier alpha value is -1.38. The fourth-order valence-electron chi connectivity index (χ4n) is 3.08. The molecule has 1 aliphatic carbocycles. The molecule has 1 aliphatic rings. The molecule has 0 atom stereocenters. The highest BCUT2D eigenvalue weighted by Gasteiger charge is 2.28. The molecule has 1 saturated carbocycles. The number of halogens is 1. The Morgan fingerprint density at radius 1 is 1.33 bits per heavy atom. The fourth-order valence-corrected chi connectivity index (χ4v) is 3.08. The van der Waals surface area contributed by atoms with Crippen LogP contribution in [0.3, 0.4) is 0 Å². The highest BCUT2D eigenvalue weighted by molar-refractivity contribution is 5.95. The van der Waals surface area contributed by atoms with Crippen LogP contribution in [0, 0.1) is 18.7 Å². The summed E-state index contributed by atoms with van der Waals surface area (Å²) in [5.41, 5.74) is 1.37. The molecule has 0 saturated heterocycles. The van der Waals surface area contributed by atoms with E-state index in [-0.39, 0.29) is 11.7 Å². The van der Waals surface area contributed by atoms with Gasteiger partial charge in [0.05, 0.1) is 0 Å². The van der Waals surface area contributed by atoms with Gasteiger partial charge in [0.1, 0.15) is 5.82 Å². The summed E-state index contributed by atoms with van der Waals surface area (Å²) < 4.78 is 13.2. The average Bonchev–Trinajstić information content (AvgIpc) is 2.92. The summed E-state index contributed by atoms with van der Waals surface area (Å²) in [5, 5.41) is 0. The minimum absolute atomic E-state index is 0.0695. The zero-order valence-corrected chi connectivity index (χ0v) is 13.4. The van der Waals surface area contributed by atoms with E-state index < -0.39 is 0 Å². The molecule has 0 spiro atoms. The van der Waals surface area contributed by atoms with Gasteiger partial charge in [-0.25, -0.2) is 4.39 Å². The van der Waals surface area contributed by atoms with Gasteiger partial charge < -0.3 is 4.90 Å². The molecule has 2 nitrogen and oxygen atoms in total. The number of hydrogen-bond donors (Lipinski definition) is 0. The third-order valence-electron chi connectivity index (χ3n) is 4.39. The van der Waals surface area contributed by atoms with E-state index in [1.165, 1.54) is 25.0 Å². The number of rotatable bonds is 5. The molecule has 0 bridgehead atoms. The van der Waals surface area contributed by atoms with Crippen molar-refractivity contribution in [3.63, 3.8) is 0 Å². The van der Waals surface area contributed by atoms with E-state index in [1.54, 1.807) is 6.07 Å². The van der Waals surface area contributed by atoms with Gasteiger partial charge in [0, 0.05) is 18.2 Å². The van der Waals surface area contributed by atoms with Crippen LogP contribution in [0.15, 0.2) is 18.2 Å². The smallest absolute Gasteiger partial charge is 0.254 e. The van der Waals surface area contributed by atoms with E-state index in [0.29, 0.717) is 17.5 Å². The molecule has 0 aromatic heterocycles. The lowest BCUT2D eigenvalue weighted by molar-refractivity contribution is 0.0671. The number of amides is 1. The van der Waals surface area contributed by atoms with Crippen LogP contribution < -0.4 is 0 Å². The Kier molecular flexibility index (Phi) is 5.38. The summed E-state index contributed by atoms with van der Waals surface area (Å²) in [6.07, 6.45) is 5.63. The van der Waals surface area contributed by atoms with Crippen LogP contribution in [0.1, 0.15) is 61.9 Å². The van der Waals surface area contributed by atoms with Gasteiger partial charge in [-0.3, -0.25) is 4.79 Å². The number of aryl methyl sites for hydroxylation is 1. The maximum atomic E-state index is 13.2. The molecule has 0 radical (unpaired) electrons. The Morgan fingerprint density at radius 2 is 2.00 bits per heavy atom. The number of carbonyl (C=O) groups excluding carboxylic acids is 1. The van der Waals surface area contributed by atoms with Crippen molar-refractivity contribution in [2.45, 2.75) is 58.9 Å². The van der Waals surface area contributed by atoms with Gasteiger partial charge in [0.25, 0.3) is 5.91 Å². The highest BCUT2D eigenvalue weighted by atomic mass is 19.1. The van der Waals surface area contributed by atoms with Gasteiger partial charge >= 0.3 is 0 Å². The van der Waals surface area contributed by atoms with Gasteiger partial charge in [-0.2, -0.15) is 0 Å². The molecule has 116 valence electrons. The second kappa shape index (κ2) is 7.06. The second-order valence-electron chi connectivity index (χ2n) is 6.58. The van der Waals surface area contributed by atoms with Crippen molar-refractivity contribution in [3.8, 4) is 0 Å². The zero-order chi connectivity index (χ0) is 15.4. The van der Waals surface area contributed by atoms with Gasteiger partial charge in [-0.15, -0.1) is 0 Å². The molecule has 0 unspecified atom stereocenters. The van der Waals surface area contributed by atoms with Crippen molar-refractivity contribution in [2.75, 3.05) is 6.54 Å². The predicted molar refractivity (Wildman–Crippen MR) is 83.9 cm³/mol. The molecule has 2 rings (SSSR count). The van der Waals surface area contributed by atoms with Crippen LogP contribution in [0.2, 0.25) is 0 Å². The normalized spacial score (nSPS) is 15.7. The Bertz CT molecular complexity index is 492. The fraction of sp³-hybridized carbons (Fsp3) is 0.611. The number of carbonyl (C=O) groups is 1. The van der Waals surface area contributed by atoms with Crippen molar-refractivity contribution in [3.05, 3.63) is 35.1 Å². The van der Waals surface area contributed by atoms with E-state index >= 15 is 0 Å². The first-order valence-electron chi connectivity index (χ1n) is 8.06. The highest BCUT2D eigenvalue weighted by Crippen LogP contribution is 2.26. The molecule has 0 N–H and O–H groups in total. The summed E-state index contributed by atoms with van der Waals surface area (Å²) >= 11 is 0. The number of hydrogen-bond acceptors (Lipinski definition) is 1. The molecule has 21 heavy (non-hydrogen) atoms. The van der Waals surface area contributed by atoms with E-state index in [0.717, 1.165) is 31.4 Å². The molecule has 1 aromatic rings. The molecular formula is C18H26FNO. The first-order chi connectivity index (χ1) is 9.99. The Morgan fingerprint density at radius 3 is 2.57 bits per heavy atom. The van der Waals surface area contributed by atoms with E-state index in [4.69, 9.17) is 0 Å². The molecule has 0 aliphatic heterocycles. The lowest BCUT2D eigenvalue weighted by Gasteiger charge is -2.30. The molecule has 1 amide bonds. The van der Waals surface area contributed by atoms with E-state index in [2.05, 4.69) is 13.8 Å². The number of benzene rings is 1. The zero-order valence-electron chi connectivity index (χ0n) is 13.4. The molecule has 1 aromatic carbocycles. The minimum Gasteiger partial charge on any atom is -0.336 e. The average molecular weight is 291 g/mol. The number of nitrogens with zero attached hydrogens (tertiary/aromatic N) is 1. The molecule has 0 heterocycles. The third kappa shape index (κ3) is 4.05. The third-order valence-corrected chi connectivity index (χ3v) is 4.39. The van der Waals surface area contributed by atoms with Crippen molar-refractivity contribution in [2.24, 2.45) is 5.92 Å². The predicted octanol–water partition coefficient (Wildman–Crippen LogP) is 4.57. The standard InChI is InChI=1S/C18H26FNO/c1-13(2)10-11-20(16-6-4-5-7-16)18(21)17-9-8-15(19)12-14(17)3/h8-9,12-13,16H,4-7,10-11H2,1-3H3. The molecule has 3 heteroatoms. The van der Waals surface area contributed by atoms with Crippen LogP contribution in [0.5, 0.6) is 0 Å². The van der Waals surface area contributed by atoms with Crippen molar-refractivity contribution in [1.29, 1.82) is 0 Å². The van der Waals surface area contributed by atoms with Crippen LogP contribution in [0.4, 0.5) is 4.39 Å². The van der Waals surface area contributed by atoms with Crippen LogP contribution in [0.25, 0.3) is 0 Å². The van der Waals surface area contributed by atoms with Crippen LogP contribution >= 0.6 is 0 Å². The second-order valence-corrected chi connectivity index (χ2v) is 6.58. The first kappa shape index (κ1) is 16.0. The van der Waals surface area contributed by atoms with Gasteiger partial charge in [0.15, 0.2) is 0 Å². The van der Waals surface area contributed by atoms with Crippen LogP contribution in [-0.2, 0) is 0 Å². The van der Waals surface area contributed by atoms with Gasteiger partial charge in [0.2, 0.25) is 0 Å². The lowest BCUT2D eigenvalue weighted by atomic mass is 10.0. The summed E-state index contributed by atoms with van der Waals surface area (Å²) in [6.45, 7) is 6.98. The topological polar surface area (TPSA) is 20.3 Å². The van der Waals surface area contributed by atoms with Crippen molar-refractivity contribution in [1.82, 2.24) is 4.90 Å². The van der Waals surface area contributed by atoms with Gasteiger partial charge in [-0.1, -0.05) is 26.7 Å². The van der Waals surface area contributed by atoms with E-state index in [9.17, 15) is 9.18 Å². The molecular weight excluding hydrogens is 265 g/mol. The Balaban J connectivity index is 2.19.